The Morgan fingerprint density at radius 3 is 2.71 bits per heavy atom. The van der Waals surface area contributed by atoms with Crippen LogP contribution in [0.1, 0.15) is 29.9 Å². The normalized spacial score (nSPS) is 16.1. The van der Waals surface area contributed by atoms with Crippen LogP contribution in [0.3, 0.4) is 0 Å². The molecular weight excluding hydrogens is 270 g/mol. The first-order valence-electron chi connectivity index (χ1n) is 7.44. The number of Topliss-reactive ketones (excluding diaryl/α,β-unsaturated/α-hetero) is 1. The molecule has 0 radical (unpaired) electrons. The summed E-state index contributed by atoms with van der Waals surface area (Å²) in [5, 5.41) is 0. The van der Waals surface area contributed by atoms with Crippen LogP contribution >= 0.6 is 0 Å². The Hall–Kier alpha value is -1.53. The predicted octanol–water partition coefficient (Wildman–Crippen LogP) is 0.611. The lowest BCUT2D eigenvalue weighted by molar-refractivity contribution is -0.118. The van der Waals surface area contributed by atoms with Crippen LogP contribution in [0.5, 0.6) is 0 Å². The molecule has 2 heterocycles. The van der Waals surface area contributed by atoms with Crippen LogP contribution < -0.4 is 5.56 Å². The predicted molar refractivity (Wildman–Crippen MR) is 79.5 cm³/mol. The van der Waals surface area contributed by atoms with Crippen molar-refractivity contribution in [1.82, 2.24) is 14.9 Å². The summed E-state index contributed by atoms with van der Waals surface area (Å²) in [5.74, 6) is 0.684. The molecule has 0 amide bonds. The van der Waals surface area contributed by atoms with E-state index < -0.39 is 0 Å². The quantitative estimate of drug-likeness (QED) is 0.832. The Labute approximate surface area is 124 Å². The molecule has 1 fully saturated rings. The molecule has 116 valence electrons. The zero-order valence-corrected chi connectivity index (χ0v) is 12.8. The van der Waals surface area contributed by atoms with Crippen LogP contribution in [0.2, 0.25) is 0 Å². The first-order valence-corrected chi connectivity index (χ1v) is 7.44. The van der Waals surface area contributed by atoms with Crippen LogP contribution in [-0.4, -0.2) is 53.5 Å². The first-order chi connectivity index (χ1) is 10.1. The Morgan fingerprint density at radius 2 is 2.05 bits per heavy atom. The van der Waals surface area contributed by atoms with E-state index in [1.807, 2.05) is 0 Å². The molecule has 2 rings (SSSR count). The summed E-state index contributed by atoms with van der Waals surface area (Å²) in [7, 11) is 0. The number of carbonyl (C=O) groups is 1. The van der Waals surface area contributed by atoms with Gasteiger partial charge in [0.2, 0.25) is 0 Å². The van der Waals surface area contributed by atoms with E-state index in [1.165, 1.54) is 0 Å². The van der Waals surface area contributed by atoms with Gasteiger partial charge in [-0.25, -0.2) is 4.98 Å². The lowest BCUT2D eigenvalue weighted by atomic mass is 10.1. The zero-order valence-electron chi connectivity index (χ0n) is 12.8. The number of carbonyl (C=O) groups excluding carboxylic acids is 1. The third kappa shape index (κ3) is 4.75. The molecule has 0 bridgehead atoms. The zero-order chi connectivity index (χ0) is 15.2. The van der Waals surface area contributed by atoms with Crippen molar-refractivity contribution in [2.24, 2.45) is 0 Å². The van der Waals surface area contributed by atoms with Crippen LogP contribution in [0.25, 0.3) is 0 Å². The van der Waals surface area contributed by atoms with Gasteiger partial charge in [-0.3, -0.25) is 14.5 Å². The summed E-state index contributed by atoms with van der Waals surface area (Å²) in [5.41, 5.74) is 0.955. The van der Waals surface area contributed by atoms with E-state index in [9.17, 15) is 9.59 Å². The van der Waals surface area contributed by atoms with Gasteiger partial charge in [0.1, 0.15) is 11.6 Å². The van der Waals surface area contributed by atoms with Crippen molar-refractivity contribution in [2.45, 2.75) is 33.1 Å². The van der Waals surface area contributed by atoms with Crippen LogP contribution in [0, 0.1) is 13.8 Å². The molecule has 0 unspecified atom stereocenters. The number of hydrogen-bond acceptors (Lipinski definition) is 5. The van der Waals surface area contributed by atoms with Gasteiger partial charge < -0.3 is 9.72 Å². The second-order valence-corrected chi connectivity index (χ2v) is 5.49. The minimum absolute atomic E-state index is 0.0995. The third-order valence-electron chi connectivity index (χ3n) is 3.75. The Balaban J connectivity index is 1.80. The van der Waals surface area contributed by atoms with Gasteiger partial charge in [-0.05, 0) is 26.8 Å². The number of rotatable bonds is 6. The van der Waals surface area contributed by atoms with Gasteiger partial charge in [0.05, 0.1) is 13.2 Å². The number of aromatic nitrogens is 2. The number of morpholine rings is 1. The molecule has 0 aliphatic carbocycles. The van der Waals surface area contributed by atoms with Crippen molar-refractivity contribution >= 4 is 5.78 Å². The van der Waals surface area contributed by atoms with Gasteiger partial charge >= 0.3 is 0 Å². The Morgan fingerprint density at radius 1 is 1.33 bits per heavy atom. The van der Waals surface area contributed by atoms with Gasteiger partial charge in [0.15, 0.2) is 0 Å². The van der Waals surface area contributed by atoms with Gasteiger partial charge in [0.25, 0.3) is 5.56 Å². The average Bonchev–Trinajstić information content (AvgIpc) is 2.44. The van der Waals surface area contributed by atoms with E-state index in [1.54, 1.807) is 13.8 Å². The number of hydrogen-bond donors (Lipinski definition) is 1. The lowest BCUT2D eigenvalue weighted by Crippen LogP contribution is -2.37. The van der Waals surface area contributed by atoms with Gasteiger partial charge in [0, 0.05) is 37.2 Å². The number of H-pyrrole nitrogens is 1. The molecule has 0 saturated carbocycles. The minimum Gasteiger partial charge on any atom is -0.379 e. The topological polar surface area (TPSA) is 75.3 Å². The molecular formula is C15H23N3O3. The van der Waals surface area contributed by atoms with E-state index in [2.05, 4.69) is 14.9 Å². The number of ether oxygens (including phenoxy) is 1. The lowest BCUT2D eigenvalue weighted by Gasteiger charge is -2.26. The van der Waals surface area contributed by atoms with Crippen LogP contribution in [0.4, 0.5) is 0 Å². The first kappa shape index (κ1) is 15.9. The molecule has 0 aromatic carbocycles. The standard InChI is InChI=1S/C15H23N3O3/c1-11-14(15(20)17-12(2)16-11)10-13(19)4-3-5-18-6-8-21-9-7-18/h3-10H2,1-2H3,(H,16,17,20). The fourth-order valence-electron chi connectivity index (χ4n) is 2.57. The highest BCUT2D eigenvalue weighted by atomic mass is 16.5. The average molecular weight is 293 g/mol. The molecule has 1 aliphatic heterocycles. The highest BCUT2D eigenvalue weighted by Crippen LogP contribution is 2.05. The molecule has 6 nitrogen and oxygen atoms in total. The molecule has 0 spiro atoms. The highest BCUT2D eigenvalue weighted by molar-refractivity contribution is 5.80. The van der Waals surface area contributed by atoms with Crippen molar-refractivity contribution < 1.29 is 9.53 Å². The van der Waals surface area contributed by atoms with Gasteiger partial charge in [-0.15, -0.1) is 0 Å². The number of aromatic amines is 1. The molecule has 1 aromatic heterocycles. The largest absolute Gasteiger partial charge is 0.379 e. The maximum atomic E-state index is 12.0. The molecule has 21 heavy (non-hydrogen) atoms. The Bertz CT molecular complexity index is 548. The van der Waals surface area contributed by atoms with Crippen molar-refractivity contribution in [3.63, 3.8) is 0 Å². The van der Waals surface area contributed by atoms with E-state index in [0.717, 1.165) is 39.3 Å². The number of nitrogens with one attached hydrogen (secondary N) is 1. The monoisotopic (exact) mass is 293 g/mol. The maximum Gasteiger partial charge on any atom is 0.254 e. The summed E-state index contributed by atoms with van der Waals surface area (Å²) < 4.78 is 5.29. The molecule has 6 heteroatoms. The Kier molecular flexibility index (Phi) is 5.64. The highest BCUT2D eigenvalue weighted by Gasteiger charge is 2.13. The summed E-state index contributed by atoms with van der Waals surface area (Å²) in [6, 6.07) is 0. The maximum absolute atomic E-state index is 12.0. The van der Waals surface area contributed by atoms with E-state index in [0.29, 0.717) is 23.5 Å². The summed E-state index contributed by atoms with van der Waals surface area (Å²) >= 11 is 0. The minimum atomic E-state index is -0.193. The second kappa shape index (κ2) is 7.47. The summed E-state index contributed by atoms with van der Waals surface area (Å²) in [6.45, 7) is 7.86. The third-order valence-corrected chi connectivity index (χ3v) is 3.75. The fraction of sp³-hybridized carbons (Fsp3) is 0.667. The molecule has 1 aliphatic rings. The fourth-order valence-corrected chi connectivity index (χ4v) is 2.57. The van der Waals surface area contributed by atoms with Crippen molar-refractivity contribution in [3.05, 3.63) is 27.4 Å². The van der Waals surface area contributed by atoms with Crippen LogP contribution in [-0.2, 0) is 16.0 Å². The number of nitrogens with zero attached hydrogens (tertiary/aromatic N) is 2. The van der Waals surface area contributed by atoms with Crippen molar-refractivity contribution in [3.8, 4) is 0 Å². The molecule has 1 aromatic rings. The van der Waals surface area contributed by atoms with Gasteiger partial charge in [-0.2, -0.15) is 0 Å². The number of aryl methyl sites for hydroxylation is 2. The van der Waals surface area contributed by atoms with Crippen molar-refractivity contribution in [1.29, 1.82) is 0 Å². The van der Waals surface area contributed by atoms with E-state index >= 15 is 0 Å². The van der Waals surface area contributed by atoms with E-state index in [4.69, 9.17) is 4.74 Å². The van der Waals surface area contributed by atoms with Gasteiger partial charge in [-0.1, -0.05) is 0 Å². The van der Waals surface area contributed by atoms with Crippen LogP contribution in [0.15, 0.2) is 4.79 Å². The SMILES string of the molecule is Cc1nc(C)c(CC(=O)CCCN2CCOCC2)c(=O)[nH]1. The molecule has 1 saturated heterocycles. The van der Waals surface area contributed by atoms with E-state index in [-0.39, 0.29) is 17.8 Å². The molecule has 1 N–H and O–H groups in total. The number of ketones is 1. The summed E-state index contributed by atoms with van der Waals surface area (Å²) in [6.07, 6.45) is 1.51. The molecule has 0 atom stereocenters. The second-order valence-electron chi connectivity index (χ2n) is 5.49. The smallest absolute Gasteiger partial charge is 0.254 e. The summed E-state index contributed by atoms with van der Waals surface area (Å²) in [4.78, 5) is 33.0. The van der Waals surface area contributed by atoms with Crippen molar-refractivity contribution in [2.75, 3.05) is 32.8 Å².